The second-order valence-corrected chi connectivity index (χ2v) is 2.46. The first kappa shape index (κ1) is 9.34. The maximum atomic E-state index is 11.2. The molecule has 1 rings (SSSR count). The van der Waals surface area contributed by atoms with Crippen molar-refractivity contribution in [2.24, 2.45) is 5.73 Å². The quantitative estimate of drug-likeness (QED) is 0.316. The van der Waals surface area contributed by atoms with Crippen LogP contribution < -0.4 is 5.73 Å². The first-order valence-corrected chi connectivity index (χ1v) is 3.61. The fraction of sp³-hybridized carbons (Fsp3) is 0.125. The van der Waals surface area contributed by atoms with Crippen molar-refractivity contribution in [2.75, 3.05) is 0 Å². The zero-order chi connectivity index (χ0) is 9.84. The molecule has 0 aliphatic rings. The normalized spacial score (nSPS) is 12.1. The lowest BCUT2D eigenvalue weighted by Gasteiger charge is -2.01. The molecule has 5 nitrogen and oxygen atoms in total. The molecule has 2 N–H and O–H groups in total. The van der Waals surface area contributed by atoms with Crippen LogP contribution >= 0.6 is 0 Å². The molecule has 0 saturated carbocycles. The van der Waals surface area contributed by atoms with Crippen LogP contribution in [0.3, 0.4) is 0 Å². The second kappa shape index (κ2) is 3.77. The monoisotopic (exact) mass is 180 g/mol. The van der Waals surface area contributed by atoms with E-state index in [0.717, 1.165) is 0 Å². The summed E-state index contributed by atoms with van der Waals surface area (Å²) in [5.74, 6) is -0.675. The molecule has 13 heavy (non-hydrogen) atoms. The van der Waals surface area contributed by atoms with Crippen molar-refractivity contribution in [2.45, 2.75) is 6.17 Å². The summed E-state index contributed by atoms with van der Waals surface area (Å²) in [5.41, 5.74) is 5.30. The predicted molar refractivity (Wildman–Crippen MR) is 45.7 cm³/mol. The van der Waals surface area contributed by atoms with Gasteiger partial charge in [-0.05, 0) is 0 Å². The van der Waals surface area contributed by atoms with Gasteiger partial charge in [-0.2, -0.15) is 0 Å². The van der Waals surface area contributed by atoms with E-state index in [1.807, 2.05) is 0 Å². The van der Waals surface area contributed by atoms with Gasteiger partial charge in [0.1, 0.15) is 0 Å². The standard InChI is InChI=1S/C8H8N2O3/c9-8(10(12)13)7(11)6-4-2-1-3-5-6/h1-5,8H,9H2. The maximum Gasteiger partial charge on any atom is 0.326 e. The van der Waals surface area contributed by atoms with Crippen LogP contribution in [0.4, 0.5) is 0 Å². The largest absolute Gasteiger partial charge is 0.326 e. The molecule has 0 aromatic heterocycles. The smallest absolute Gasteiger partial charge is 0.285 e. The van der Waals surface area contributed by atoms with Crippen LogP contribution in [-0.4, -0.2) is 16.9 Å². The van der Waals surface area contributed by atoms with Gasteiger partial charge in [-0.15, -0.1) is 0 Å². The minimum absolute atomic E-state index is 0.256. The van der Waals surface area contributed by atoms with Gasteiger partial charge in [0, 0.05) is 10.5 Å². The molecule has 0 heterocycles. The van der Waals surface area contributed by atoms with Gasteiger partial charge in [-0.25, -0.2) is 0 Å². The van der Waals surface area contributed by atoms with Crippen molar-refractivity contribution in [3.8, 4) is 0 Å². The van der Waals surface area contributed by atoms with Gasteiger partial charge >= 0.3 is 6.17 Å². The van der Waals surface area contributed by atoms with Gasteiger partial charge in [-0.1, -0.05) is 30.3 Å². The molecule has 0 amide bonds. The number of carbonyl (C=O) groups excluding carboxylic acids is 1. The Balaban J connectivity index is 2.86. The van der Waals surface area contributed by atoms with E-state index in [4.69, 9.17) is 5.73 Å². The van der Waals surface area contributed by atoms with Crippen LogP contribution in [0.1, 0.15) is 10.4 Å². The highest BCUT2D eigenvalue weighted by Crippen LogP contribution is 2.02. The number of hydrogen-bond acceptors (Lipinski definition) is 4. The van der Waals surface area contributed by atoms with Crippen molar-refractivity contribution < 1.29 is 9.72 Å². The van der Waals surface area contributed by atoms with Gasteiger partial charge in [0.05, 0.1) is 0 Å². The summed E-state index contributed by atoms with van der Waals surface area (Å²) < 4.78 is 0. The molecular weight excluding hydrogens is 172 g/mol. The van der Waals surface area contributed by atoms with Crippen molar-refractivity contribution in [3.63, 3.8) is 0 Å². The molecular formula is C8H8N2O3. The lowest BCUT2D eigenvalue weighted by molar-refractivity contribution is -0.503. The van der Waals surface area contributed by atoms with Gasteiger partial charge < -0.3 is 0 Å². The number of nitro groups is 1. The molecule has 0 spiro atoms. The number of rotatable bonds is 3. The van der Waals surface area contributed by atoms with Gasteiger partial charge in [0.25, 0.3) is 5.78 Å². The molecule has 68 valence electrons. The van der Waals surface area contributed by atoms with Crippen LogP contribution in [0.5, 0.6) is 0 Å². The Morgan fingerprint density at radius 3 is 2.38 bits per heavy atom. The highest BCUT2D eigenvalue weighted by Gasteiger charge is 2.24. The fourth-order valence-electron chi connectivity index (χ4n) is 0.869. The van der Waals surface area contributed by atoms with Crippen LogP contribution in [0.25, 0.3) is 0 Å². The van der Waals surface area contributed by atoms with E-state index in [0.29, 0.717) is 0 Å². The van der Waals surface area contributed by atoms with Crippen LogP contribution in [0, 0.1) is 10.1 Å². The second-order valence-electron chi connectivity index (χ2n) is 2.46. The molecule has 1 aromatic rings. The first-order chi connectivity index (χ1) is 6.13. The highest BCUT2D eigenvalue weighted by molar-refractivity contribution is 5.98. The van der Waals surface area contributed by atoms with E-state index in [-0.39, 0.29) is 5.56 Å². The minimum atomic E-state index is -1.66. The lowest BCUT2D eigenvalue weighted by atomic mass is 10.1. The molecule has 0 bridgehead atoms. The summed E-state index contributed by atoms with van der Waals surface area (Å²) in [4.78, 5) is 20.6. The SMILES string of the molecule is NC(C(=O)c1ccccc1)[N+](=O)[O-]. The van der Waals surface area contributed by atoms with Gasteiger partial charge in [-0.3, -0.25) is 20.6 Å². The Labute approximate surface area is 74.3 Å². The summed E-state index contributed by atoms with van der Waals surface area (Å²) in [5, 5.41) is 10.2. The van der Waals surface area contributed by atoms with E-state index >= 15 is 0 Å². The number of benzene rings is 1. The Morgan fingerprint density at radius 2 is 1.92 bits per heavy atom. The predicted octanol–water partition coefficient (Wildman–Crippen LogP) is 0.431. The van der Waals surface area contributed by atoms with Crippen molar-refractivity contribution >= 4 is 5.78 Å². The first-order valence-electron chi connectivity index (χ1n) is 3.61. The summed E-state index contributed by atoms with van der Waals surface area (Å²) in [6.45, 7) is 0. The zero-order valence-electron chi connectivity index (χ0n) is 6.71. The number of Topliss-reactive ketones (excluding diaryl/α,β-unsaturated/α-hetero) is 1. The molecule has 1 atom stereocenters. The Kier molecular flexibility index (Phi) is 2.71. The van der Waals surface area contributed by atoms with Crippen LogP contribution in [-0.2, 0) is 0 Å². The summed E-state index contributed by atoms with van der Waals surface area (Å²) in [6.07, 6.45) is -1.66. The third-order valence-corrected chi connectivity index (χ3v) is 1.55. The van der Waals surface area contributed by atoms with E-state index in [2.05, 4.69) is 0 Å². The van der Waals surface area contributed by atoms with E-state index in [1.165, 1.54) is 12.1 Å². The topological polar surface area (TPSA) is 86.2 Å². The van der Waals surface area contributed by atoms with Crippen molar-refractivity contribution in [1.29, 1.82) is 0 Å². The van der Waals surface area contributed by atoms with E-state index in [1.54, 1.807) is 18.2 Å². The maximum absolute atomic E-state index is 11.2. The number of nitrogens with two attached hydrogens (primary N) is 1. The van der Waals surface area contributed by atoms with E-state index < -0.39 is 16.9 Å². The Hall–Kier alpha value is -1.75. The van der Waals surface area contributed by atoms with Crippen molar-refractivity contribution in [3.05, 3.63) is 46.0 Å². The molecule has 0 aliphatic carbocycles. The Morgan fingerprint density at radius 1 is 1.38 bits per heavy atom. The van der Waals surface area contributed by atoms with Crippen molar-refractivity contribution in [1.82, 2.24) is 0 Å². The molecule has 0 fully saturated rings. The lowest BCUT2D eigenvalue weighted by Crippen LogP contribution is -2.38. The Bertz CT molecular complexity index is 323. The molecule has 1 unspecified atom stereocenters. The third-order valence-electron chi connectivity index (χ3n) is 1.55. The third kappa shape index (κ3) is 2.09. The number of hydrogen-bond donors (Lipinski definition) is 1. The van der Waals surface area contributed by atoms with E-state index in [9.17, 15) is 14.9 Å². The minimum Gasteiger partial charge on any atom is -0.285 e. The number of nitrogens with zero attached hydrogens (tertiary/aromatic N) is 1. The number of ketones is 1. The van der Waals surface area contributed by atoms with Crippen LogP contribution in [0.2, 0.25) is 0 Å². The fourth-order valence-corrected chi connectivity index (χ4v) is 0.869. The molecule has 0 radical (unpaired) electrons. The molecule has 0 saturated heterocycles. The summed E-state index contributed by atoms with van der Waals surface area (Å²) in [7, 11) is 0. The van der Waals surface area contributed by atoms with Crippen LogP contribution in [0.15, 0.2) is 30.3 Å². The van der Waals surface area contributed by atoms with Gasteiger partial charge in [0.15, 0.2) is 0 Å². The highest BCUT2D eigenvalue weighted by atomic mass is 16.6. The molecule has 1 aromatic carbocycles. The average Bonchev–Trinajstić information content (AvgIpc) is 2.17. The number of carbonyl (C=O) groups is 1. The summed E-state index contributed by atoms with van der Waals surface area (Å²) >= 11 is 0. The zero-order valence-corrected chi connectivity index (χ0v) is 6.71. The average molecular weight is 180 g/mol. The van der Waals surface area contributed by atoms with Gasteiger partial charge in [0.2, 0.25) is 0 Å². The molecule has 0 aliphatic heterocycles. The summed E-state index contributed by atoms with van der Waals surface area (Å²) in [6, 6.07) is 7.95. The molecule has 5 heteroatoms.